The zero-order valence-electron chi connectivity index (χ0n) is 9.39. The summed E-state index contributed by atoms with van der Waals surface area (Å²) in [4.78, 5) is 3.46. The van der Waals surface area contributed by atoms with E-state index in [0.29, 0.717) is 0 Å². The maximum atomic E-state index is 6.03. The van der Waals surface area contributed by atoms with Crippen LogP contribution in [0.4, 0.5) is 0 Å². The molecule has 17 heavy (non-hydrogen) atoms. The van der Waals surface area contributed by atoms with E-state index < -0.39 is 0 Å². The Bertz CT molecular complexity index is 739. The first-order chi connectivity index (χ1) is 8.31. The summed E-state index contributed by atoms with van der Waals surface area (Å²) < 4.78 is 0. The number of benzene rings is 2. The minimum Gasteiger partial charge on any atom is -0.354 e. The predicted octanol–water partition coefficient (Wildman–Crippen LogP) is 4.46. The smallest absolute Gasteiger partial charge is 0.0479 e. The highest BCUT2D eigenvalue weighted by Gasteiger charge is 2.14. The van der Waals surface area contributed by atoms with Crippen LogP contribution < -0.4 is 0 Å². The summed E-state index contributed by atoms with van der Waals surface area (Å²) in [5.41, 5.74) is 5.41. The van der Waals surface area contributed by atoms with Gasteiger partial charge < -0.3 is 4.98 Å². The number of aromatic amines is 1. The fourth-order valence-corrected chi connectivity index (χ4v) is 3.12. The van der Waals surface area contributed by atoms with E-state index in [9.17, 15) is 0 Å². The summed E-state index contributed by atoms with van der Waals surface area (Å²) in [5, 5.41) is 3.40. The molecule has 2 aromatic carbocycles. The third-order valence-corrected chi connectivity index (χ3v) is 4.01. The summed E-state index contributed by atoms with van der Waals surface area (Å²) in [6.07, 6.45) is 3.75. The van der Waals surface area contributed by atoms with Gasteiger partial charge in [0.1, 0.15) is 0 Å². The molecule has 1 aliphatic rings. The molecule has 0 fully saturated rings. The van der Waals surface area contributed by atoms with E-state index in [1.807, 2.05) is 12.1 Å². The molecule has 1 aromatic heterocycles. The van der Waals surface area contributed by atoms with Crippen LogP contribution in [-0.2, 0) is 12.8 Å². The summed E-state index contributed by atoms with van der Waals surface area (Å²) >= 11 is 6.03. The number of rotatable bonds is 0. The number of hydrogen-bond donors (Lipinski definition) is 1. The molecule has 1 aliphatic carbocycles. The number of aryl methyl sites for hydroxylation is 2. The molecule has 0 saturated heterocycles. The molecule has 0 aliphatic heterocycles. The van der Waals surface area contributed by atoms with Crippen molar-refractivity contribution in [1.29, 1.82) is 0 Å². The van der Waals surface area contributed by atoms with Gasteiger partial charge in [0.05, 0.1) is 0 Å². The average molecular weight is 242 g/mol. The van der Waals surface area contributed by atoms with Crippen molar-refractivity contribution >= 4 is 33.4 Å². The van der Waals surface area contributed by atoms with Gasteiger partial charge in [-0.15, -0.1) is 0 Å². The van der Waals surface area contributed by atoms with Crippen LogP contribution in [0.3, 0.4) is 0 Å². The number of H-pyrrole nitrogens is 1. The quantitative estimate of drug-likeness (QED) is 0.598. The van der Waals surface area contributed by atoms with Crippen molar-refractivity contribution in [3.63, 3.8) is 0 Å². The number of halogens is 1. The lowest BCUT2D eigenvalue weighted by atomic mass is 10.1. The summed E-state index contributed by atoms with van der Waals surface area (Å²) in [5.74, 6) is 0. The van der Waals surface area contributed by atoms with Crippen molar-refractivity contribution < 1.29 is 0 Å². The Labute approximate surface area is 104 Å². The topological polar surface area (TPSA) is 15.8 Å². The van der Waals surface area contributed by atoms with E-state index in [1.54, 1.807) is 0 Å². The molecular weight excluding hydrogens is 230 g/mol. The van der Waals surface area contributed by atoms with Gasteiger partial charge in [-0.1, -0.05) is 17.7 Å². The van der Waals surface area contributed by atoms with Crippen LogP contribution in [-0.4, -0.2) is 4.98 Å². The van der Waals surface area contributed by atoms with Gasteiger partial charge in [-0.3, -0.25) is 0 Å². The molecule has 0 unspecified atom stereocenters. The predicted molar refractivity (Wildman–Crippen MR) is 72.8 cm³/mol. The fraction of sp³-hybridized carbons (Fsp3) is 0.200. The van der Waals surface area contributed by atoms with Crippen LogP contribution in [0, 0.1) is 0 Å². The first-order valence-electron chi connectivity index (χ1n) is 6.04. The molecule has 1 nitrogen and oxygen atoms in total. The zero-order chi connectivity index (χ0) is 11.4. The average Bonchev–Trinajstić information content (AvgIpc) is 2.87. The number of fused-ring (bicyclic) bond motifs is 4. The van der Waals surface area contributed by atoms with E-state index in [-0.39, 0.29) is 0 Å². The number of aromatic nitrogens is 1. The van der Waals surface area contributed by atoms with Crippen molar-refractivity contribution in [3.8, 4) is 0 Å². The molecule has 1 heterocycles. The molecule has 2 heteroatoms. The Morgan fingerprint density at radius 2 is 1.65 bits per heavy atom. The van der Waals surface area contributed by atoms with Crippen molar-refractivity contribution in [3.05, 3.63) is 46.5 Å². The molecule has 84 valence electrons. The molecule has 0 spiro atoms. The highest BCUT2D eigenvalue weighted by molar-refractivity contribution is 6.31. The first-order valence-corrected chi connectivity index (χ1v) is 6.42. The Kier molecular flexibility index (Phi) is 1.84. The van der Waals surface area contributed by atoms with Gasteiger partial charge in [0.2, 0.25) is 0 Å². The molecular formula is C15H12ClN. The second-order valence-electron chi connectivity index (χ2n) is 4.83. The van der Waals surface area contributed by atoms with Crippen LogP contribution in [0.25, 0.3) is 21.8 Å². The summed E-state index contributed by atoms with van der Waals surface area (Å²) in [6.45, 7) is 0. The van der Waals surface area contributed by atoms with Gasteiger partial charge in [-0.2, -0.15) is 0 Å². The highest BCUT2D eigenvalue weighted by Crippen LogP contribution is 2.32. The SMILES string of the molecule is Clc1ccc2c(c1)[nH]c1cc3c(cc12)CCC3. The van der Waals surface area contributed by atoms with Crippen LogP contribution in [0.15, 0.2) is 30.3 Å². The first kappa shape index (κ1) is 9.55. The number of nitrogens with one attached hydrogen (secondary N) is 1. The maximum absolute atomic E-state index is 6.03. The maximum Gasteiger partial charge on any atom is 0.0479 e. The van der Waals surface area contributed by atoms with E-state index in [1.165, 1.54) is 46.7 Å². The van der Waals surface area contributed by atoms with Gasteiger partial charge in [0, 0.05) is 26.8 Å². The molecule has 0 atom stereocenters. The number of hydrogen-bond acceptors (Lipinski definition) is 0. The van der Waals surface area contributed by atoms with Gasteiger partial charge >= 0.3 is 0 Å². The normalized spacial score (nSPS) is 14.6. The molecule has 3 aromatic rings. The summed E-state index contributed by atoms with van der Waals surface area (Å²) in [6, 6.07) is 10.7. The molecule has 0 bridgehead atoms. The Balaban J connectivity index is 2.15. The third kappa shape index (κ3) is 1.32. The Morgan fingerprint density at radius 3 is 2.53 bits per heavy atom. The van der Waals surface area contributed by atoms with E-state index >= 15 is 0 Å². The standard InChI is InChI=1S/C15H12ClN/c16-11-4-5-12-13-6-9-2-1-3-10(9)7-14(13)17-15(12)8-11/h4-8,17H,1-3H2. The second-order valence-corrected chi connectivity index (χ2v) is 5.27. The van der Waals surface area contributed by atoms with E-state index in [0.717, 1.165) is 10.5 Å². The minimum absolute atomic E-state index is 0.789. The minimum atomic E-state index is 0.789. The van der Waals surface area contributed by atoms with Crippen molar-refractivity contribution in [2.24, 2.45) is 0 Å². The van der Waals surface area contributed by atoms with Crippen molar-refractivity contribution in [2.75, 3.05) is 0 Å². The Morgan fingerprint density at radius 1 is 0.882 bits per heavy atom. The molecule has 4 rings (SSSR count). The van der Waals surface area contributed by atoms with Crippen molar-refractivity contribution in [2.45, 2.75) is 19.3 Å². The van der Waals surface area contributed by atoms with E-state index in [4.69, 9.17) is 11.6 Å². The lowest BCUT2D eigenvalue weighted by Gasteiger charge is -1.99. The lowest BCUT2D eigenvalue weighted by molar-refractivity contribution is 0.912. The van der Waals surface area contributed by atoms with Gasteiger partial charge in [0.15, 0.2) is 0 Å². The zero-order valence-corrected chi connectivity index (χ0v) is 10.1. The second kappa shape index (κ2) is 3.27. The van der Waals surface area contributed by atoms with Gasteiger partial charge in [-0.05, 0) is 54.7 Å². The summed E-state index contributed by atoms with van der Waals surface area (Å²) in [7, 11) is 0. The molecule has 1 N–H and O–H groups in total. The molecule has 0 radical (unpaired) electrons. The van der Waals surface area contributed by atoms with Crippen molar-refractivity contribution in [1.82, 2.24) is 4.98 Å². The monoisotopic (exact) mass is 241 g/mol. The van der Waals surface area contributed by atoms with E-state index in [2.05, 4.69) is 23.2 Å². The van der Waals surface area contributed by atoms with Gasteiger partial charge in [0.25, 0.3) is 0 Å². The highest BCUT2D eigenvalue weighted by atomic mass is 35.5. The fourth-order valence-electron chi connectivity index (χ4n) is 2.95. The van der Waals surface area contributed by atoms with Crippen LogP contribution >= 0.6 is 11.6 Å². The van der Waals surface area contributed by atoms with Crippen LogP contribution in [0.1, 0.15) is 17.5 Å². The molecule has 0 amide bonds. The van der Waals surface area contributed by atoms with Gasteiger partial charge in [-0.25, -0.2) is 0 Å². The molecule has 0 saturated carbocycles. The largest absolute Gasteiger partial charge is 0.354 e. The third-order valence-electron chi connectivity index (χ3n) is 3.77. The van der Waals surface area contributed by atoms with Crippen LogP contribution in [0.5, 0.6) is 0 Å². The Hall–Kier alpha value is -1.47. The van der Waals surface area contributed by atoms with Crippen LogP contribution in [0.2, 0.25) is 5.02 Å². The lowest BCUT2D eigenvalue weighted by Crippen LogP contribution is -1.81.